The summed E-state index contributed by atoms with van der Waals surface area (Å²) in [5.74, 6) is 0.793. The minimum Gasteiger partial charge on any atom is -0.491 e. The summed E-state index contributed by atoms with van der Waals surface area (Å²) in [6, 6.07) is 9.65. The molecule has 0 aromatic heterocycles. The van der Waals surface area contributed by atoms with Crippen LogP contribution in [0.5, 0.6) is 5.75 Å². The SMILES string of the molecule is CC(C)(C)OCCOCCOc1ccc(CC#N)cc1. The molecule has 0 radical (unpaired) electrons. The first-order valence-corrected chi connectivity index (χ1v) is 6.82. The van der Waals surface area contributed by atoms with Gasteiger partial charge in [-0.05, 0) is 38.5 Å². The molecule has 0 unspecified atom stereocenters. The van der Waals surface area contributed by atoms with Crippen LogP contribution in [-0.2, 0) is 15.9 Å². The maximum absolute atomic E-state index is 8.58. The predicted molar refractivity (Wildman–Crippen MR) is 77.8 cm³/mol. The number of benzene rings is 1. The minimum atomic E-state index is -0.120. The number of ether oxygens (including phenoxy) is 3. The van der Waals surface area contributed by atoms with Crippen LogP contribution in [0.1, 0.15) is 26.3 Å². The Kier molecular flexibility index (Phi) is 7.06. The van der Waals surface area contributed by atoms with Gasteiger partial charge in [-0.15, -0.1) is 0 Å². The van der Waals surface area contributed by atoms with E-state index in [2.05, 4.69) is 6.07 Å². The fourth-order valence-corrected chi connectivity index (χ4v) is 1.52. The highest BCUT2D eigenvalue weighted by molar-refractivity contribution is 5.28. The molecule has 0 amide bonds. The van der Waals surface area contributed by atoms with E-state index in [9.17, 15) is 0 Å². The van der Waals surface area contributed by atoms with E-state index < -0.39 is 0 Å². The summed E-state index contributed by atoms with van der Waals surface area (Å²) in [5.41, 5.74) is 0.876. The van der Waals surface area contributed by atoms with Gasteiger partial charge in [-0.3, -0.25) is 0 Å². The van der Waals surface area contributed by atoms with Gasteiger partial charge in [-0.2, -0.15) is 5.26 Å². The van der Waals surface area contributed by atoms with E-state index in [4.69, 9.17) is 19.5 Å². The largest absolute Gasteiger partial charge is 0.491 e. The van der Waals surface area contributed by atoms with Gasteiger partial charge in [0, 0.05) is 0 Å². The Bertz CT molecular complexity index is 415. The molecule has 0 bridgehead atoms. The highest BCUT2D eigenvalue weighted by Crippen LogP contribution is 2.12. The lowest BCUT2D eigenvalue weighted by molar-refractivity contribution is -0.0375. The van der Waals surface area contributed by atoms with E-state index in [1.807, 2.05) is 45.0 Å². The number of nitrogens with zero attached hydrogens (tertiary/aromatic N) is 1. The molecule has 0 atom stereocenters. The highest BCUT2D eigenvalue weighted by Gasteiger charge is 2.08. The van der Waals surface area contributed by atoms with Crippen molar-refractivity contribution in [1.82, 2.24) is 0 Å². The van der Waals surface area contributed by atoms with Gasteiger partial charge >= 0.3 is 0 Å². The molecule has 1 aromatic carbocycles. The Hall–Kier alpha value is -1.57. The Morgan fingerprint density at radius 3 is 2.25 bits per heavy atom. The van der Waals surface area contributed by atoms with Crippen molar-refractivity contribution in [3.05, 3.63) is 29.8 Å². The van der Waals surface area contributed by atoms with Crippen LogP contribution in [0, 0.1) is 11.3 Å². The van der Waals surface area contributed by atoms with E-state index in [0.29, 0.717) is 32.8 Å². The maximum atomic E-state index is 8.58. The quantitative estimate of drug-likeness (QED) is 0.685. The predicted octanol–water partition coefficient (Wildman–Crippen LogP) is 2.96. The first kappa shape index (κ1) is 16.5. The van der Waals surface area contributed by atoms with E-state index in [1.165, 1.54) is 0 Å². The van der Waals surface area contributed by atoms with Crippen molar-refractivity contribution < 1.29 is 14.2 Å². The van der Waals surface area contributed by atoms with Crippen LogP contribution in [0.4, 0.5) is 0 Å². The van der Waals surface area contributed by atoms with Gasteiger partial charge in [0.25, 0.3) is 0 Å². The third-order valence-corrected chi connectivity index (χ3v) is 2.47. The van der Waals surface area contributed by atoms with E-state index in [0.717, 1.165) is 11.3 Å². The van der Waals surface area contributed by atoms with Gasteiger partial charge in [0.15, 0.2) is 0 Å². The molecule has 0 spiro atoms. The van der Waals surface area contributed by atoms with Crippen molar-refractivity contribution in [2.45, 2.75) is 32.8 Å². The molecule has 20 heavy (non-hydrogen) atoms. The zero-order chi connectivity index (χ0) is 14.8. The molecular weight excluding hydrogens is 254 g/mol. The lowest BCUT2D eigenvalue weighted by Crippen LogP contribution is -2.22. The number of nitriles is 1. The molecule has 0 aliphatic carbocycles. The third kappa shape index (κ3) is 7.78. The molecule has 0 heterocycles. The summed E-state index contributed by atoms with van der Waals surface area (Å²) < 4.78 is 16.5. The van der Waals surface area contributed by atoms with Crippen molar-refractivity contribution in [1.29, 1.82) is 5.26 Å². The van der Waals surface area contributed by atoms with E-state index >= 15 is 0 Å². The summed E-state index contributed by atoms with van der Waals surface area (Å²) in [6.45, 7) is 8.26. The first-order chi connectivity index (χ1) is 9.51. The molecule has 0 aliphatic rings. The lowest BCUT2D eigenvalue weighted by atomic mass is 10.2. The van der Waals surface area contributed by atoms with Crippen molar-refractivity contribution in [3.63, 3.8) is 0 Å². The number of rotatable bonds is 8. The van der Waals surface area contributed by atoms with Gasteiger partial charge in [0.05, 0.1) is 37.9 Å². The summed E-state index contributed by atoms with van der Waals surface area (Å²) in [4.78, 5) is 0. The monoisotopic (exact) mass is 277 g/mol. The molecular formula is C16H23NO3. The molecule has 4 nitrogen and oxygen atoms in total. The van der Waals surface area contributed by atoms with Crippen molar-refractivity contribution in [3.8, 4) is 11.8 Å². The van der Waals surface area contributed by atoms with Crippen LogP contribution in [-0.4, -0.2) is 32.0 Å². The maximum Gasteiger partial charge on any atom is 0.119 e. The normalized spacial score (nSPS) is 11.1. The second-order valence-corrected chi connectivity index (χ2v) is 5.40. The fraction of sp³-hybridized carbons (Fsp3) is 0.562. The Morgan fingerprint density at radius 2 is 1.65 bits per heavy atom. The molecule has 1 aromatic rings. The second-order valence-electron chi connectivity index (χ2n) is 5.40. The standard InChI is InChI=1S/C16H23NO3/c1-16(2,3)20-13-11-18-10-12-19-15-6-4-14(5-7-15)8-9-17/h4-7H,8,10-13H2,1-3H3. The Labute approximate surface area is 121 Å². The van der Waals surface area contributed by atoms with Crippen molar-refractivity contribution in [2.75, 3.05) is 26.4 Å². The Balaban J connectivity index is 2.08. The van der Waals surface area contributed by atoms with Crippen LogP contribution < -0.4 is 4.74 Å². The molecule has 0 saturated heterocycles. The molecule has 110 valence electrons. The minimum absolute atomic E-state index is 0.120. The smallest absolute Gasteiger partial charge is 0.119 e. The van der Waals surface area contributed by atoms with Crippen LogP contribution in [0.25, 0.3) is 0 Å². The van der Waals surface area contributed by atoms with Gasteiger partial charge in [-0.25, -0.2) is 0 Å². The fourth-order valence-electron chi connectivity index (χ4n) is 1.52. The average Bonchev–Trinajstić information content (AvgIpc) is 2.38. The second kappa shape index (κ2) is 8.57. The zero-order valence-electron chi connectivity index (χ0n) is 12.5. The summed E-state index contributed by atoms with van der Waals surface area (Å²) in [6.07, 6.45) is 0.428. The highest BCUT2D eigenvalue weighted by atomic mass is 16.5. The van der Waals surface area contributed by atoms with E-state index in [1.54, 1.807) is 0 Å². The lowest BCUT2D eigenvalue weighted by Gasteiger charge is -2.19. The topological polar surface area (TPSA) is 51.5 Å². The molecule has 0 aliphatic heterocycles. The van der Waals surface area contributed by atoms with Crippen LogP contribution in [0.3, 0.4) is 0 Å². The Morgan fingerprint density at radius 1 is 1.00 bits per heavy atom. The van der Waals surface area contributed by atoms with Crippen molar-refractivity contribution in [2.24, 2.45) is 0 Å². The summed E-state index contributed by atoms with van der Waals surface area (Å²) in [5, 5.41) is 8.58. The van der Waals surface area contributed by atoms with Crippen LogP contribution >= 0.6 is 0 Å². The average molecular weight is 277 g/mol. The first-order valence-electron chi connectivity index (χ1n) is 6.82. The molecule has 0 saturated carbocycles. The number of hydrogen-bond donors (Lipinski definition) is 0. The molecule has 1 rings (SSSR count). The molecule has 4 heteroatoms. The van der Waals surface area contributed by atoms with Gasteiger partial charge in [0.2, 0.25) is 0 Å². The third-order valence-electron chi connectivity index (χ3n) is 2.47. The molecule has 0 fully saturated rings. The zero-order valence-corrected chi connectivity index (χ0v) is 12.5. The number of hydrogen-bond acceptors (Lipinski definition) is 4. The summed E-state index contributed by atoms with van der Waals surface area (Å²) in [7, 11) is 0. The van der Waals surface area contributed by atoms with Crippen molar-refractivity contribution >= 4 is 0 Å². The van der Waals surface area contributed by atoms with Crippen LogP contribution in [0.15, 0.2) is 24.3 Å². The molecule has 0 N–H and O–H groups in total. The van der Waals surface area contributed by atoms with Gasteiger partial charge in [-0.1, -0.05) is 12.1 Å². The van der Waals surface area contributed by atoms with Gasteiger partial charge < -0.3 is 14.2 Å². The van der Waals surface area contributed by atoms with Gasteiger partial charge in [0.1, 0.15) is 12.4 Å². The van der Waals surface area contributed by atoms with E-state index in [-0.39, 0.29) is 5.60 Å². The van der Waals surface area contributed by atoms with Crippen LogP contribution in [0.2, 0.25) is 0 Å². The summed E-state index contributed by atoms with van der Waals surface area (Å²) >= 11 is 0.